The molecule has 10 nitrogen and oxygen atoms in total. The smallest absolute Gasteiger partial charge is 0.269 e. The standard InChI is InChI=1S/C31H36N4O6S/c1-24(31(37)32-26-13-7-3-8-14-26)33(22-21-25-11-5-2-6-12-25)30(36)23-34(27-17-19-28(20-18-27)35(38)39)42(40,41)29-15-9-4-10-16-29/h2,4-6,9-12,15-20,24,26H,3,7-8,13-14,21-23H2,1H3,(H,32,37)/t24-/m0/s1. The molecule has 0 aliphatic heterocycles. The van der Waals surface area contributed by atoms with E-state index in [0.29, 0.717) is 6.42 Å². The van der Waals surface area contributed by atoms with Gasteiger partial charge in [-0.15, -0.1) is 0 Å². The van der Waals surface area contributed by atoms with Crippen molar-refractivity contribution < 1.29 is 22.9 Å². The molecule has 4 rings (SSSR count). The van der Waals surface area contributed by atoms with Crippen LogP contribution in [0.3, 0.4) is 0 Å². The summed E-state index contributed by atoms with van der Waals surface area (Å²) in [5.74, 6) is -0.841. The number of nitrogens with zero attached hydrogens (tertiary/aromatic N) is 3. The normalized spacial score (nSPS) is 14.5. The molecule has 1 aliphatic carbocycles. The minimum Gasteiger partial charge on any atom is -0.352 e. The van der Waals surface area contributed by atoms with Crippen molar-refractivity contribution in [2.24, 2.45) is 0 Å². The van der Waals surface area contributed by atoms with E-state index in [1.165, 1.54) is 41.3 Å². The van der Waals surface area contributed by atoms with E-state index in [4.69, 9.17) is 0 Å². The van der Waals surface area contributed by atoms with Crippen molar-refractivity contribution in [3.8, 4) is 0 Å². The van der Waals surface area contributed by atoms with Crippen molar-refractivity contribution in [3.05, 3.63) is 101 Å². The second kappa shape index (κ2) is 14.1. The highest BCUT2D eigenvalue weighted by Gasteiger charge is 2.33. The van der Waals surface area contributed by atoms with Crippen LogP contribution in [0.5, 0.6) is 0 Å². The zero-order chi connectivity index (χ0) is 30.1. The molecular formula is C31H36N4O6S. The van der Waals surface area contributed by atoms with Crippen molar-refractivity contribution in [1.82, 2.24) is 10.2 Å². The molecule has 0 bridgehead atoms. The molecule has 1 aliphatic rings. The van der Waals surface area contributed by atoms with Crippen LogP contribution in [0.25, 0.3) is 0 Å². The molecule has 1 fully saturated rings. The maximum absolute atomic E-state index is 14.0. The lowest BCUT2D eigenvalue weighted by Gasteiger charge is -2.33. The van der Waals surface area contributed by atoms with Crippen LogP contribution in [-0.2, 0) is 26.0 Å². The summed E-state index contributed by atoms with van der Waals surface area (Å²) in [4.78, 5) is 39.3. The second-order valence-electron chi connectivity index (χ2n) is 10.4. The molecule has 0 radical (unpaired) electrons. The number of sulfonamides is 1. The lowest BCUT2D eigenvalue weighted by Crippen LogP contribution is -2.53. The Kier molecular flexibility index (Phi) is 10.3. The maximum atomic E-state index is 14.0. The summed E-state index contributed by atoms with van der Waals surface area (Å²) in [5.41, 5.74) is 0.860. The van der Waals surface area contributed by atoms with Crippen molar-refractivity contribution in [3.63, 3.8) is 0 Å². The summed E-state index contributed by atoms with van der Waals surface area (Å²) in [6, 6.07) is 21.4. The van der Waals surface area contributed by atoms with E-state index >= 15 is 0 Å². The van der Waals surface area contributed by atoms with E-state index < -0.39 is 33.4 Å². The molecule has 0 aromatic heterocycles. The Morgan fingerprint density at radius 3 is 2.12 bits per heavy atom. The summed E-state index contributed by atoms with van der Waals surface area (Å²) in [7, 11) is -4.24. The van der Waals surface area contributed by atoms with Crippen molar-refractivity contribution in [1.29, 1.82) is 0 Å². The topological polar surface area (TPSA) is 130 Å². The number of nitrogens with one attached hydrogen (secondary N) is 1. The first kappa shape index (κ1) is 30.7. The molecule has 1 N–H and O–H groups in total. The van der Waals surface area contributed by atoms with Gasteiger partial charge in [-0.25, -0.2) is 8.42 Å². The monoisotopic (exact) mass is 592 g/mol. The SMILES string of the molecule is C[C@@H](C(=O)NC1CCCCC1)N(CCc1ccccc1)C(=O)CN(c1ccc([N+](=O)[O-])cc1)S(=O)(=O)c1ccccc1. The number of benzene rings is 3. The third-order valence-electron chi connectivity index (χ3n) is 7.56. The minimum atomic E-state index is -4.24. The fourth-order valence-electron chi connectivity index (χ4n) is 5.13. The third kappa shape index (κ3) is 7.73. The Hall–Kier alpha value is -4.25. The van der Waals surface area contributed by atoms with Gasteiger partial charge in [0.2, 0.25) is 11.8 Å². The molecular weight excluding hydrogens is 556 g/mol. The zero-order valence-corrected chi connectivity index (χ0v) is 24.4. The van der Waals surface area contributed by atoms with Gasteiger partial charge in [0.15, 0.2) is 0 Å². The number of anilines is 1. The highest BCUT2D eigenvalue weighted by Crippen LogP contribution is 2.26. The van der Waals surface area contributed by atoms with E-state index in [1.54, 1.807) is 25.1 Å². The molecule has 3 aromatic carbocycles. The Morgan fingerprint density at radius 2 is 1.52 bits per heavy atom. The third-order valence-corrected chi connectivity index (χ3v) is 9.35. The van der Waals surface area contributed by atoms with Crippen LogP contribution in [0.2, 0.25) is 0 Å². The second-order valence-corrected chi connectivity index (χ2v) is 12.3. The average Bonchev–Trinajstić information content (AvgIpc) is 3.01. The Balaban J connectivity index is 1.64. The number of rotatable bonds is 12. The quantitative estimate of drug-likeness (QED) is 0.240. The summed E-state index contributed by atoms with van der Waals surface area (Å²) in [5, 5.41) is 14.3. The van der Waals surface area contributed by atoms with Gasteiger partial charge < -0.3 is 10.2 Å². The van der Waals surface area contributed by atoms with E-state index in [2.05, 4.69) is 5.32 Å². The number of hydrogen-bond donors (Lipinski definition) is 1. The van der Waals surface area contributed by atoms with E-state index in [9.17, 15) is 28.1 Å². The predicted octanol–water partition coefficient (Wildman–Crippen LogP) is 4.70. The first-order chi connectivity index (χ1) is 20.2. The molecule has 0 heterocycles. The van der Waals surface area contributed by atoms with Gasteiger partial charge in [-0.2, -0.15) is 0 Å². The van der Waals surface area contributed by atoms with Crippen LogP contribution < -0.4 is 9.62 Å². The lowest BCUT2D eigenvalue weighted by atomic mass is 9.95. The van der Waals surface area contributed by atoms with Gasteiger partial charge in [0, 0.05) is 24.7 Å². The lowest BCUT2D eigenvalue weighted by molar-refractivity contribution is -0.384. The number of amides is 2. The Labute approximate surface area is 246 Å². The van der Waals surface area contributed by atoms with Crippen LogP contribution in [0, 0.1) is 10.1 Å². The van der Waals surface area contributed by atoms with E-state index in [-0.39, 0.29) is 34.8 Å². The first-order valence-corrected chi connectivity index (χ1v) is 15.6. The van der Waals surface area contributed by atoms with Gasteiger partial charge >= 0.3 is 0 Å². The Morgan fingerprint density at radius 1 is 0.929 bits per heavy atom. The van der Waals surface area contributed by atoms with Crippen molar-refractivity contribution in [2.75, 3.05) is 17.4 Å². The number of nitro groups is 1. The molecule has 0 saturated heterocycles. The van der Waals surface area contributed by atoms with E-state index in [0.717, 1.165) is 42.0 Å². The number of carbonyl (C=O) groups is 2. The number of carbonyl (C=O) groups excluding carboxylic acids is 2. The van der Waals surface area contributed by atoms with Crippen LogP contribution in [0.4, 0.5) is 11.4 Å². The Bertz CT molecular complexity index is 1460. The zero-order valence-electron chi connectivity index (χ0n) is 23.6. The van der Waals surface area contributed by atoms with Crippen molar-refractivity contribution in [2.45, 2.75) is 62.4 Å². The van der Waals surface area contributed by atoms with Crippen LogP contribution in [0.15, 0.2) is 89.8 Å². The summed E-state index contributed by atoms with van der Waals surface area (Å²) in [6.07, 6.45) is 5.46. The number of non-ortho nitro benzene ring substituents is 1. The van der Waals surface area contributed by atoms with Gasteiger partial charge in [-0.1, -0.05) is 67.8 Å². The van der Waals surface area contributed by atoms with Crippen LogP contribution >= 0.6 is 0 Å². The average molecular weight is 593 g/mol. The minimum absolute atomic E-state index is 0.0323. The molecule has 222 valence electrons. The maximum Gasteiger partial charge on any atom is 0.269 e. The predicted molar refractivity (Wildman–Crippen MR) is 160 cm³/mol. The summed E-state index contributed by atoms with van der Waals surface area (Å²) in [6.45, 7) is 1.26. The van der Waals surface area contributed by atoms with Gasteiger partial charge in [-0.3, -0.25) is 24.0 Å². The van der Waals surface area contributed by atoms with Crippen LogP contribution in [-0.4, -0.2) is 55.2 Å². The van der Waals surface area contributed by atoms with Gasteiger partial charge in [-0.05, 0) is 56.0 Å². The fourth-order valence-corrected chi connectivity index (χ4v) is 6.56. The molecule has 0 unspecified atom stereocenters. The molecule has 1 saturated carbocycles. The molecule has 3 aromatic rings. The molecule has 0 spiro atoms. The summed E-state index contributed by atoms with van der Waals surface area (Å²) < 4.78 is 28.5. The highest BCUT2D eigenvalue weighted by molar-refractivity contribution is 7.92. The molecule has 42 heavy (non-hydrogen) atoms. The van der Waals surface area contributed by atoms with Gasteiger partial charge in [0.1, 0.15) is 12.6 Å². The molecule has 2 amide bonds. The number of nitro benzene ring substituents is 1. The fraction of sp³-hybridized carbons (Fsp3) is 0.355. The molecule has 11 heteroatoms. The van der Waals surface area contributed by atoms with Crippen LogP contribution in [0.1, 0.15) is 44.6 Å². The van der Waals surface area contributed by atoms with E-state index in [1.807, 2.05) is 30.3 Å². The van der Waals surface area contributed by atoms with Gasteiger partial charge in [0.25, 0.3) is 15.7 Å². The largest absolute Gasteiger partial charge is 0.352 e. The number of hydrogen-bond acceptors (Lipinski definition) is 6. The van der Waals surface area contributed by atoms with Crippen molar-refractivity contribution >= 4 is 33.2 Å². The highest BCUT2D eigenvalue weighted by atomic mass is 32.2. The summed E-state index contributed by atoms with van der Waals surface area (Å²) >= 11 is 0. The van der Waals surface area contributed by atoms with Gasteiger partial charge in [0.05, 0.1) is 15.5 Å². The molecule has 1 atom stereocenters. The first-order valence-electron chi connectivity index (χ1n) is 14.1.